The van der Waals surface area contributed by atoms with Crippen LogP contribution in [0.4, 0.5) is 10.8 Å². The highest BCUT2D eigenvalue weighted by molar-refractivity contribution is 7.22. The molecule has 1 atom stereocenters. The van der Waals surface area contributed by atoms with Gasteiger partial charge in [-0.3, -0.25) is 24.6 Å². The molecule has 180 valence electrons. The molecule has 0 bridgehead atoms. The summed E-state index contributed by atoms with van der Waals surface area (Å²) in [4.78, 5) is 43.2. The maximum atomic E-state index is 13.4. The van der Waals surface area contributed by atoms with E-state index in [1.807, 2.05) is 19.1 Å². The molecule has 5 rings (SSSR count). The number of anilines is 1. The summed E-state index contributed by atoms with van der Waals surface area (Å²) in [5.41, 5.74) is 2.78. The highest BCUT2D eigenvalue weighted by Crippen LogP contribution is 2.45. The van der Waals surface area contributed by atoms with Crippen molar-refractivity contribution in [1.29, 1.82) is 0 Å². The van der Waals surface area contributed by atoms with Gasteiger partial charge in [0.05, 0.1) is 26.8 Å². The van der Waals surface area contributed by atoms with Crippen molar-refractivity contribution in [1.82, 2.24) is 4.98 Å². The summed E-state index contributed by atoms with van der Waals surface area (Å²) in [6, 6.07) is 15.0. The van der Waals surface area contributed by atoms with Crippen LogP contribution in [-0.4, -0.2) is 26.7 Å². The third-order valence-electron chi connectivity index (χ3n) is 6.06. The Labute approximate surface area is 214 Å². The van der Waals surface area contributed by atoms with Crippen molar-refractivity contribution in [2.45, 2.75) is 19.9 Å². The second kappa shape index (κ2) is 8.85. The molecule has 0 aliphatic carbocycles. The number of nitro benzene ring substituents is 1. The first-order valence-electron chi connectivity index (χ1n) is 10.8. The maximum absolute atomic E-state index is 13.4. The Hall–Kier alpha value is -4.08. The molecule has 1 aliphatic rings. The van der Waals surface area contributed by atoms with Crippen molar-refractivity contribution in [2.75, 3.05) is 4.90 Å². The minimum absolute atomic E-state index is 0.111. The predicted molar refractivity (Wildman–Crippen MR) is 138 cm³/mol. The molecule has 1 saturated heterocycles. The summed E-state index contributed by atoms with van der Waals surface area (Å²) in [6.45, 7) is 3.65. The Morgan fingerprint density at radius 1 is 1.08 bits per heavy atom. The third-order valence-corrected chi connectivity index (χ3v) is 7.31. The largest absolute Gasteiger partial charge is 0.507 e. The lowest BCUT2D eigenvalue weighted by Crippen LogP contribution is -2.29. The fourth-order valence-electron chi connectivity index (χ4n) is 4.25. The summed E-state index contributed by atoms with van der Waals surface area (Å²) < 4.78 is 0.719. The zero-order valence-electron chi connectivity index (χ0n) is 19.1. The molecule has 2 heterocycles. The molecule has 8 nitrogen and oxygen atoms in total. The molecule has 3 aromatic carbocycles. The minimum Gasteiger partial charge on any atom is -0.507 e. The number of hydrogen-bond donors (Lipinski definition) is 1. The fraction of sp³-hybridized carbons (Fsp3) is 0.115. The lowest BCUT2D eigenvalue weighted by atomic mass is 9.93. The third kappa shape index (κ3) is 3.92. The van der Waals surface area contributed by atoms with E-state index in [0.29, 0.717) is 21.7 Å². The summed E-state index contributed by atoms with van der Waals surface area (Å²) in [6.07, 6.45) is 0. The van der Waals surface area contributed by atoms with Gasteiger partial charge in [-0.05, 0) is 61.4 Å². The van der Waals surface area contributed by atoms with Crippen LogP contribution in [0.3, 0.4) is 0 Å². The van der Waals surface area contributed by atoms with E-state index in [4.69, 9.17) is 11.6 Å². The number of benzene rings is 3. The van der Waals surface area contributed by atoms with Crippen LogP contribution in [0.1, 0.15) is 28.3 Å². The van der Waals surface area contributed by atoms with Crippen molar-refractivity contribution in [3.8, 4) is 0 Å². The number of carbonyl (C=O) groups excluding carboxylic acids is 2. The predicted octanol–water partition coefficient (Wildman–Crippen LogP) is 6.10. The average molecular weight is 520 g/mol. The molecule has 1 fully saturated rings. The molecule has 1 amide bonds. The van der Waals surface area contributed by atoms with Crippen molar-refractivity contribution in [2.24, 2.45) is 0 Å². The van der Waals surface area contributed by atoms with E-state index in [9.17, 15) is 24.8 Å². The van der Waals surface area contributed by atoms with Crippen LogP contribution >= 0.6 is 22.9 Å². The number of thiazole rings is 1. The lowest BCUT2D eigenvalue weighted by Gasteiger charge is -2.23. The van der Waals surface area contributed by atoms with Gasteiger partial charge in [-0.1, -0.05) is 40.6 Å². The first-order chi connectivity index (χ1) is 17.2. The first kappa shape index (κ1) is 23.7. The SMILES string of the molecule is Cc1ccc(C)c(/C(O)=C2\C(=O)C(=O)N(c3nc4ccc(Cl)cc4s3)C2c2ccc([N+](=O)[O-])cc2)c1. The molecule has 10 heteroatoms. The van der Waals surface area contributed by atoms with Gasteiger partial charge in [-0.25, -0.2) is 4.98 Å². The number of aliphatic hydroxyl groups excluding tert-OH is 1. The van der Waals surface area contributed by atoms with E-state index < -0.39 is 22.7 Å². The zero-order valence-corrected chi connectivity index (χ0v) is 20.6. The van der Waals surface area contributed by atoms with Gasteiger partial charge in [0.1, 0.15) is 5.76 Å². The molecule has 1 aliphatic heterocycles. The Balaban J connectivity index is 1.75. The standard InChI is InChI=1S/C26H18ClN3O5S/c1-13-3-4-14(2)18(11-13)23(31)21-22(15-5-8-17(9-6-15)30(34)35)29(25(33)24(21)32)26-28-19-10-7-16(27)12-20(19)36-26/h3-12,22,31H,1-2H3/b23-21+. The number of Topliss-reactive ketones (excluding diaryl/α,β-unsaturated/α-hetero) is 1. The summed E-state index contributed by atoms with van der Waals surface area (Å²) in [5, 5.41) is 23.3. The van der Waals surface area contributed by atoms with E-state index in [1.54, 1.807) is 31.2 Å². The van der Waals surface area contributed by atoms with Gasteiger partial charge in [0, 0.05) is 22.7 Å². The number of nitrogens with zero attached hydrogens (tertiary/aromatic N) is 3. The number of non-ortho nitro benzene ring substituents is 1. The van der Waals surface area contributed by atoms with Crippen LogP contribution in [0.2, 0.25) is 5.02 Å². The highest BCUT2D eigenvalue weighted by atomic mass is 35.5. The number of aryl methyl sites for hydroxylation is 2. The van der Waals surface area contributed by atoms with Crippen molar-refractivity contribution < 1.29 is 19.6 Å². The molecule has 36 heavy (non-hydrogen) atoms. The van der Waals surface area contributed by atoms with Crippen LogP contribution in [0.5, 0.6) is 0 Å². The zero-order chi connectivity index (χ0) is 25.7. The van der Waals surface area contributed by atoms with E-state index in [-0.39, 0.29) is 22.2 Å². The van der Waals surface area contributed by atoms with Crippen LogP contribution < -0.4 is 4.90 Å². The molecule has 1 N–H and O–H groups in total. The van der Waals surface area contributed by atoms with Gasteiger partial charge in [-0.2, -0.15) is 0 Å². The number of ketones is 1. The molecule has 0 saturated carbocycles. The van der Waals surface area contributed by atoms with Gasteiger partial charge in [0.15, 0.2) is 5.13 Å². The number of nitro groups is 1. The molecule has 1 unspecified atom stereocenters. The minimum atomic E-state index is -1.04. The first-order valence-corrected chi connectivity index (χ1v) is 12.0. The van der Waals surface area contributed by atoms with Crippen LogP contribution in [0.15, 0.2) is 66.2 Å². The number of carbonyl (C=O) groups is 2. The van der Waals surface area contributed by atoms with Gasteiger partial charge in [-0.15, -0.1) is 0 Å². The summed E-state index contributed by atoms with van der Waals surface area (Å²) in [5.74, 6) is -2.03. The van der Waals surface area contributed by atoms with E-state index in [2.05, 4.69) is 4.98 Å². The molecule has 0 radical (unpaired) electrons. The molecule has 0 spiro atoms. The quantitative estimate of drug-likeness (QED) is 0.114. The van der Waals surface area contributed by atoms with Crippen molar-refractivity contribution in [3.05, 3.63) is 104 Å². The number of hydrogen-bond acceptors (Lipinski definition) is 7. The second-order valence-corrected chi connectivity index (χ2v) is 9.89. The smallest absolute Gasteiger partial charge is 0.301 e. The Kier molecular flexibility index (Phi) is 5.82. The Morgan fingerprint density at radius 3 is 2.50 bits per heavy atom. The lowest BCUT2D eigenvalue weighted by molar-refractivity contribution is -0.384. The van der Waals surface area contributed by atoms with Crippen LogP contribution in [0.25, 0.3) is 16.0 Å². The van der Waals surface area contributed by atoms with Crippen molar-refractivity contribution in [3.63, 3.8) is 0 Å². The van der Waals surface area contributed by atoms with Gasteiger partial charge < -0.3 is 5.11 Å². The summed E-state index contributed by atoms with van der Waals surface area (Å²) in [7, 11) is 0. The molecule has 1 aromatic heterocycles. The Morgan fingerprint density at radius 2 is 1.81 bits per heavy atom. The number of aliphatic hydroxyl groups is 1. The average Bonchev–Trinajstić information content (AvgIpc) is 3.38. The van der Waals surface area contributed by atoms with Gasteiger partial charge in [0.25, 0.3) is 11.5 Å². The van der Waals surface area contributed by atoms with Gasteiger partial charge >= 0.3 is 5.91 Å². The summed E-state index contributed by atoms with van der Waals surface area (Å²) >= 11 is 7.29. The number of rotatable bonds is 4. The molecular weight excluding hydrogens is 502 g/mol. The number of fused-ring (bicyclic) bond motifs is 1. The topological polar surface area (TPSA) is 114 Å². The van der Waals surface area contributed by atoms with Gasteiger partial charge in [0.2, 0.25) is 0 Å². The van der Waals surface area contributed by atoms with E-state index >= 15 is 0 Å². The van der Waals surface area contributed by atoms with E-state index in [0.717, 1.165) is 15.8 Å². The second-order valence-electron chi connectivity index (χ2n) is 8.44. The molecule has 4 aromatic rings. The number of halogens is 1. The Bertz CT molecular complexity index is 1610. The van der Waals surface area contributed by atoms with Crippen LogP contribution in [-0.2, 0) is 9.59 Å². The highest BCUT2D eigenvalue weighted by Gasteiger charge is 2.48. The van der Waals surface area contributed by atoms with Crippen molar-refractivity contribution >= 4 is 61.4 Å². The maximum Gasteiger partial charge on any atom is 0.301 e. The normalized spacial score (nSPS) is 17.2. The van der Waals surface area contributed by atoms with Crippen LogP contribution in [0, 0.1) is 24.0 Å². The number of aromatic nitrogens is 1. The monoisotopic (exact) mass is 519 g/mol. The van der Waals surface area contributed by atoms with E-state index in [1.165, 1.54) is 40.5 Å². The number of amides is 1. The fourth-order valence-corrected chi connectivity index (χ4v) is 5.52. The molecular formula is C26H18ClN3O5S.